The van der Waals surface area contributed by atoms with Crippen molar-refractivity contribution >= 4 is 5.91 Å². The molecule has 1 unspecified atom stereocenters. The Balaban J connectivity index is 1.47. The Bertz CT molecular complexity index is 981. The Morgan fingerprint density at radius 2 is 1.93 bits per heavy atom. The molecular formula is C22H22FN3O2. The summed E-state index contributed by atoms with van der Waals surface area (Å²) in [5.74, 6) is 0.922. The van der Waals surface area contributed by atoms with E-state index in [2.05, 4.69) is 36.1 Å². The Kier molecular flexibility index (Phi) is 4.94. The van der Waals surface area contributed by atoms with Crippen LogP contribution < -0.4 is 0 Å². The number of likely N-dealkylation sites (tertiary alicyclic amines) is 1. The van der Waals surface area contributed by atoms with Crippen molar-refractivity contribution < 1.29 is 13.7 Å². The molecule has 0 bridgehead atoms. The van der Waals surface area contributed by atoms with Gasteiger partial charge in [0.05, 0.1) is 5.92 Å². The maximum absolute atomic E-state index is 13.9. The molecule has 0 N–H and O–H groups in total. The zero-order valence-electron chi connectivity index (χ0n) is 15.9. The van der Waals surface area contributed by atoms with E-state index in [9.17, 15) is 9.18 Å². The first-order valence-electron chi connectivity index (χ1n) is 9.46. The van der Waals surface area contributed by atoms with Gasteiger partial charge in [0.15, 0.2) is 0 Å². The van der Waals surface area contributed by atoms with Gasteiger partial charge in [0.25, 0.3) is 0 Å². The molecule has 0 saturated carbocycles. The van der Waals surface area contributed by atoms with Crippen molar-refractivity contribution in [2.24, 2.45) is 0 Å². The summed E-state index contributed by atoms with van der Waals surface area (Å²) in [6, 6.07) is 14.6. The van der Waals surface area contributed by atoms with Crippen molar-refractivity contribution in [3.63, 3.8) is 0 Å². The Morgan fingerprint density at radius 1 is 1.18 bits per heavy atom. The normalized spacial score (nSPS) is 16.9. The van der Waals surface area contributed by atoms with Crippen LogP contribution in [0.25, 0.3) is 11.4 Å². The predicted molar refractivity (Wildman–Crippen MR) is 103 cm³/mol. The molecule has 1 aromatic heterocycles. The molecule has 1 aliphatic rings. The average molecular weight is 379 g/mol. The molecular weight excluding hydrogens is 357 g/mol. The van der Waals surface area contributed by atoms with E-state index >= 15 is 0 Å². The van der Waals surface area contributed by atoms with Crippen LogP contribution in [0, 0.1) is 5.82 Å². The molecule has 2 aromatic carbocycles. The van der Waals surface area contributed by atoms with E-state index in [-0.39, 0.29) is 24.2 Å². The molecule has 1 aliphatic heterocycles. The number of halogens is 1. The molecule has 2 heterocycles. The summed E-state index contributed by atoms with van der Waals surface area (Å²) in [6.45, 7) is 4.98. The number of nitrogens with zero attached hydrogens (tertiary/aromatic N) is 3. The first-order valence-corrected chi connectivity index (χ1v) is 9.46. The molecule has 6 heteroatoms. The first kappa shape index (κ1) is 18.3. The van der Waals surface area contributed by atoms with Crippen molar-refractivity contribution in [2.75, 3.05) is 6.54 Å². The van der Waals surface area contributed by atoms with Crippen molar-refractivity contribution in [3.05, 3.63) is 71.4 Å². The molecule has 0 spiro atoms. The van der Waals surface area contributed by atoms with Crippen LogP contribution in [-0.4, -0.2) is 27.5 Å². The molecule has 4 rings (SSSR count). The third-order valence-electron chi connectivity index (χ3n) is 5.16. The molecule has 1 saturated heterocycles. The summed E-state index contributed by atoms with van der Waals surface area (Å²) >= 11 is 0. The lowest BCUT2D eigenvalue weighted by atomic mass is 10.0. The van der Waals surface area contributed by atoms with E-state index in [1.807, 2.05) is 12.1 Å². The molecule has 1 atom stereocenters. The summed E-state index contributed by atoms with van der Waals surface area (Å²) in [6.07, 6.45) is 0.294. The van der Waals surface area contributed by atoms with Gasteiger partial charge in [-0.1, -0.05) is 61.5 Å². The minimum atomic E-state index is -0.302. The van der Waals surface area contributed by atoms with Gasteiger partial charge in [0.1, 0.15) is 5.82 Å². The number of amides is 1. The summed E-state index contributed by atoms with van der Waals surface area (Å²) in [4.78, 5) is 18.5. The van der Waals surface area contributed by atoms with E-state index < -0.39 is 0 Å². The van der Waals surface area contributed by atoms with Gasteiger partial charge < -0.3 is 9.42 Å². The molecule has 144 valence electrons. The molecule has 1 fully saturated rings. The van der Waals surface area contributed by atoms with Crippen LogP contribution in [0.2, 0.25) is 0 Å². The van der Waals surface area contributed by atoms with Gasteiger partial charge in [-0.3, -0.25) is 4.79 Å². The highest BCUT2D eigenvalue weighted by molar-refractivity contribution is 5.79. The number of rotatable bonds is 5. The number of aromatic nitrogens is 2. The fraction of sp³-hybridized carbons (Fsp3) is 0.318. The summed E-state index contributed by atoms with van der Waals surface area (Å²) in [5.41, 5.74) is 2.64. The zero-order chi connectivity index (χ0) is 19.7. The van der Waals surface area contributed by atoms with E-state index in [1.54, 1.807) is 23.1 Å². The van der Waals surface area contributed by atoms with Gasteiger partial charge in [-0.2, -0.15) is 4.98 Å². The summed E-state index contributed by atoms with van der Waals surface area (Å²) < 4.78 is 19.3. The van der Waals surface area contributed by atoms with Crippen molar-refractivity contribution in [3.8, 4) is 11.4 Å². The highest BCUT2D eigenvalue weighted by atomic mass is 19.1. The molecule has 5 nitrogen and oxygen atoms in total. The van der Waals surface area contributed by atoms with Crippen LogP contribution in [0.15, 0.2) is 53.1 Å². The predicted octanol–water partition coefficient (Wildman–Crippen LogP) is 4.52. The largest absolute Gasteiger partial charge is 0.339 e. The van der Waals surface area contributed by atoms with E-state index in [4.69, 9.17) is 4.52 Å². The first-order chi connectivity index (χ1) is 13.5. The number of hydrogen-bond donors (Lipinski definition) is 0. The molecule has 0 aliphatic carbocycles. The number of carbonyl (C=O) groups is 1. The molecule has 0 radical (unpaired) electrons. The van der Waals surface area contributed by atoms with E-state index in [1.165, 1.54) is 11.6 Å². The second-order valence-electron chi connectivity index (χ2n) is 7.50. The Hall–Kier alpha value is -3.02. The van der Waals surface area contributed by atoms with Gasteiger partial charge in [-0.25, -0.2) is 4.39 Å². The van der Waals surface area contributed by atoms with Gasteiger partial charge in [-0.15, -0.1) is 0 Å². The zero-order valence-corrected chi connectivity index (χ0v) is 15.9. The second kappa shape index (κ2) is 7.54. The van der Waals surface area contributed by atoms with Gasteiger partial charge >= 0.3 is 0 Å². The lowest BCUT2D eigenvalue weighted by Crippen LogP contribution is -2.24. The highest BCUT2D eigenvalue weighted by Gasteiger charge is 2.34. The van der Waals surface area contributed by atoms with Crippen LogP contribution >= 0.6 is 0 Å². The SMILES string of the molecule is CC(C)c1ccc(-c2noc(C3CC(=O)N(Cc4ccccc4F)C3)n2)cc1. The van der Waals surface area contributed by atoms with Crippen molar-refractivity contribution in [1.29, 1.82) is 0 Å². The number of hydrogen-bond acceptors (Lipinski definition) is 4. The van der Waals surface area contributed by atoms with Crippen LogP contribution in [0.3, 0.4) is 0 Å². The number of carbonyl (C=O) groups excluding carboxylic acids is 1. The maximum Gasteiger partial charge on any atom is 0.232 e. The molecule has 28 heavy (non-hydrogen) atoms. The monoisotopic (exact) mass is 379 g/mol. The second-order valence-corrected chi connectivity index (χ2v) is 7.50. The van der Waals surface area contributed by atoms with Crippen LogP contribution in [0.5, 0.6) is 0 Å². The third-order valence-corrected chi connectivity index (χ3v) is 5.16. The minimum Gasteiger partial charge on any atom is -0.339 e. The third kappa shape index (κ3) is 3.67. The minimum absolute atomic E-state index is 0.0331. The van der Waals surface area contributed by atoms with Crippen LogP contribution in [-0.2, 0) is 11.3 Å². The Morgan fingerprint density at radius 3 is 2.64 bits per heavy atom. The topological polar surface area (TPSA) is 59.2 Å². The van der Waals surface area contributed by atoms with Crippen molar-refractivity contribution in [2.45, 2.75) is 38.6 Å². The number of benzene rings is 2. The van der Waals surface area contributed by atoms with Crippen molar-refractivity contribution in [1.82, 2.24) is 15.0 Å². The standard InChI is InChI=1S/C22H22FN3O2/c1-14(2)15-7-9-16(10-8-15)21-24-22(28-25-21)18-11-20(27)26(13-18)12-17-5-3-4-6-19(17)23/h3-10,14,18H,11-13H2,1-2H3. The molecule has 3 aromatic rings. The smallest absolute Gasteiger partial charge is 0.232 e. The van der Waals surface area contributed by atoms with Crippen LogP contribution in [0.1, 0.15) is 49.1 Å². The van der Waals surface area contributed by atoms with Crippen LogP contribution in [0.4, 0.5) is 4.39 Å². The fourth-order valence-electron chi connectivity index (χ4n) is 3.46. The van der Waals surface area contributed by atoms with Gasteiger partial charge in [-0.05, 0) is 17.5 Å². The quantitative estimate of drug-likeness (QED) is 0.654. The van der Waals surface area contributed by atoms with E-state index in [0.29, 0.717) is 36.2 Å². The lowest BCUT2D eigenvalue weighted by Gasteiger charge is -2.16. The average Bonchev–Trinajstić information content (AvgIpc) is 3.31. The lowest BCUT2D eigenvalue weighted by molar-refractivity contribution is -0.128. The summed E-state index contributed by atoms with van der Waals surface area (Å²) in [7, 11) is 0. The maximum atomic E-state index is 13.9. The van der Waals surface area contributed by atoms with E-state index in [0.717, 1.165) is 5.56 Å². The Labute approximate surface area is 163 Å². The summed E-state index contributed by atoms with van der Waals surface area (Å²) in [5, 5.41) is 4.08. The fourth-order valence-corrected chi connectivity index (χ4v) is 3.46. The highest BCUT2D eigenvalue weighted by Crippen LogP contribution is 2.30. The van der Waals surface area contributed by atoms with Gasteiger partial charge in [0.2, 0.25) is 17.6 Å². The van der Waals surface area contributed by atoms with Gasteiger partial charge in [0, 0.05) is 30.6 Å². The molecule has 1 amide bonds.